The van der Waals surface area contributed by atoms with Crippen LogP contribution in [0.4, 0.5) is 11.4 Å². The maximum absolute atomic E-state index is 12.4. The van der Waals surface area contributed by atoms with E-state index in [4.69, 9.17) is 11.6 Å². The minimum atomic E-state index is -0.185. The summed E-state index contributed by atoms with van der Waals surface area (Å²) in [7, 11) is 4.02. The molecule has 1 aromatic heterocycles. The van der Waals surface area contributed by atoms with E-state index in [1.54, 1.807) is 16.8 Å². The van der Waals surface area contributed by atoms with Crippen molar-refractivity contribution >= 4 is 51.4 Å². The van der Waals surface area contributed by atoms with Crippen LogP contribution < -0.4 is 10.2 Å². The number of amides is 1. The molecule has 1 N–H and O–H groups in total. The Bertz CT molecular complexity index is 1210. The minimum Gasteiger partial charge on any atom is -0.377 e. The number of aromatic nitrogens is 4. The lowest BCUT2D eigenvalue weighted by molar-refractivity contribution is -0.113. The molecule has 4 rings (SSSR count). The summed E-state index contributed by atoms with van der Waals surface area (Å²) >= 11 is 7.36. The first kappa shape index (κ1) is 20.2. The van der Waals surface area contributed by atoms with E-state index in [0.717, 1.165) is 22.1 Å². The zero-order valence-electron chi connectivity index (χ0n) is 16.4. The highest BCUT2D eigenvalue weighted by Gasteiger charge is 2.16. The largest absolute Gasteiger partial charge is 0.377 e. The average molecular weight is 439 g/mol. The molecular formula is C21H19ClN6OS. The first-order valence-electron chi connectivity index (χ1n) is 9.19. The van der Waals surface area contributed by atoms with Crippen molar-refractivity contribution in [2.45, 2.75) is 5.16 Å². The van der Waals surface area contributed by atoms with Crippen molar-refractivity contribution in [3.8, 4) is 5.69 Å². The first-order valence-corrected chi connectivity index (χ1v) is 10.6. The second kappa shape index (κ2) is 8.73. The van der Waals surface area contributed by atoms with Crippen molar-refractivity contribution in [1.82, 2.24) is 20.2 Å². The van der Waals surface area contributed by atoms with Crippen LogP contribution in [0, 0.1) is 0 Å². The molecule has 4 aromatic rings. The van der Waals surface area contributed by atoms with E-state index in [-0.39, 0.29) is 11.7 Å². The fraction of sp³-hybridized carbons (Fsp3) is 0.143. The molecule has 9 heteroatoms. The van der Waals surface area contributed by atoms with Gasteiger partial charge in [0.2, 0.25) is 11.1 Å². The molecular weight excluding hydrogens is 420 g/mol. The Labute approximate surface area is 183 Å². The van der Waals surface area contributed by atoms with Gasteiger partial charge in [0.05, 0.1) is 22.2 Å². The molecule has 0 bridgehead atoms. The predicted octanol–water partition coefficient (Wildman–Crippen LogP) is 4.27. The number of rotatable bonds is 6. The van der Waals surface area contributed by atoms with E-state index in [9.17, 15) is 4.79 Å². The summed E-state index contributed by atoms with van der Waals surface area (Å²) in [4.78, 5) is 14.4. The van der Waals surface area contributed by atoms with Gasteiger partial charge in [-0.2, -0.15) is 4.68 Å². The smallest absolute Gasteiger partial charge is 0.234 e. The van der Waals surface area contributed by atoms with Crippen molar-refractivity contribution in [2.75, 3.05) is 30.1 Å². The van der Waals surface area contributed by atoms with E-state index in [1.807, 2.05) is 56.6 Å². The number of nitrogens with one attached hydrogen (secondary N) is 1. The highest BCUT2D eigenvalue weighted by atomic mass is 35.5. The zero-order valence-corrected chi connectivity index (χ0v) is 18.0. The molecule has 0 unspecified atom stereocenters. The van der Waals surface area contributed by atoms with Gasteiger partial charge in [-0.3, -0.25) is 4.79 Å². The highest BCUT2D eigenvalue weighted by Crippen LogP contribution is 2.31. The third-order valence-electron chi connectivity index (χ3n) is 4.51. The van der Waals surface area contributed by atoms with Crippen LogP contribution in [0.5, 0.6) is 0 Å². The van der Waals surface area contributed by atoms with E-state index >= 15 is 0 Å². The van der Waals surface area contributed by atoms with E-state index in [2.05, 4.69) is 31.8 Å². The van der Waals surface area contributed by atoms with Gasteiger partial charge in [-0.25, -0.2) is 0 Å². The van der Waals surface area contributed by atoms with Gasteiger partial charge in [0.15, 0.2) is 0 Å². The fourth-order valence-electron chi connectivity index (χ4n) is 3.14. The Morgan fingerprint density at radius 2 is 1.80 bits per heavy atom. The van der Waals surface area contributed by atoms with E-state index in [0.29, 0.717) is 15.9 Å². The number of anilines is 2. The molecule has 7 nitrogen and oxygen atoms in total. The third-order valence-corrected chi connectivity index (χ3v) is 5.76. The van der Waals surface area contributed by atoms with Crippen LogP contribution in [0.15, 0.2) is 65.8 Å². The fourth-order valence-corrected chi connectivity index (χ4v) is 4.01. The lowest BCUT2D eigenvalue weighted by Gasteiger charge is -2.17. The number of tetrazole rings is 1. The number of benzene rings is 3. The number of para-hydroxylation sites is 1. The Morgan fingerprint density at radius 1 is 1.07 bits per heavy atom. The van der Waals surface area contributed by atoms with Crippen molar-refractivity contribution in [2.24, 2.45) is 0 Å². The van der Waals surface area contributed by atoms with Gasteiger partial charge < -0.3 is 10.2 Å². The van der Waals surface area contributed by atoms with Gasteiger partial charge >= 0.3 is 0 Å². The third kappa shape index (κ3) is 4.10. The van der Waals surface area contributed by atoms with Crippen molar-refractivity contribution in [1.29, 1.82) is 0 Å². The number of nitrogens with zero attached hydrogens (tertiary/aromatic N) is 5. The first-order chi connectivity index (χ1) is 14.5. The maximum atomic E-state index is 12.4. The molecule has 1 amide bonds. The van der Waals surface area contributed by atoms with Gasteiger partial charge in [0.25, 0.3) is 0 Å². The number of halogens is 1. The molecule has 152 valence electrons. The lowest BCUT2D eigenvalue weighted by atomic mass is 10.1. The summed E-state index contributed by atoms with van der Waals surface area (Å²) in [6.07, 6.45) is 0. The summed E-state index contributed by atoms with van der Waals surface area (Å²) in [5.74, 6) is -0.0327. The molecule has 3 aromatic carbocycles. The van der Waals surface area contributed by atoms with E-state index in [1.165, 1.54) is 11.8 Å². The number of carbonyl (C=O) groups is 1. The van der Waals surface area contributed by atoms with Crippen molar-refractivity contribution in [3.63, 3.8) is 0 Å². The van der Waals surface area contributed by atoms with E-state index < -0.39 is 0 Å². The molecule has 30 heavy (non-hydrogen) atoms. The van der Waals surface area contributed by atoms with Gasteiger partial charge in [0, 0.05) is 30.6 Å². The Morgan fingerprint density at radius 3 is 2.57 bits per heavy atom. The van der Waals surface area contributed by atoms with Gasteiger partial charge in [-0.05, 0) is 34.7 Å². The van der Waals surface area contributed by atoms with Crippen molar-refractivity contribution in [3.05, 3.63) is 65.7 Å². The normalized spacial score (nSPS) is 10.9. The lowest BCUT2D eigenvalue weighted by Crippen LogP contribution is -2.15. The number of carbonyl (C=O) groups excluding carboxylic acids is 1. The van der Waals surface area contributed by atoms with Crippen LogP contribution in [-0.2, 0) is 4.79 Å². The molecule has 0 fully saturated rings. The Balaban J connectivity index is 1.58. The summed E-state index contributed by atoms with van der Waals surface area (Å²) in [5, 5.41) is 18.0. The zero-order chi connectivity index (χ0) is 21.1. The monoisotopic (exact) mass is 438 g/mol. The molecule has 0 radical (unpaired) electrons. The SMILES string of the molecule is CN(C)c1ccc(-n2nnnc2SCC(=O)Nc2ccccc2Cl)c2ccccc12. The summed E-state index contributed by atoms with van der Waals surface area (Å²) < 4.78 is 1.66. The summed E-state index contributed by atoms with van der Waals surface area (Å²) in [6, 6.07) is 19.2. The van der Waals surface area contributed by atoms with Crippen molar-refractivity contribution < 1.29 is 4.79 Å². The minimum absolute atomic E-state index is 0.152. The molecule has 0 atom stereocenters. The van der Waals surface area contributed by atoms with Crippen LogP contribution in [0.2, 0.25) is 5.02 Å². The molecule has 0 saturated carbocycles. The second-order valence-electron chi connectivity index (χ2n) is 6.73. The highest BCUT2D eigenvalue weighted by molar-refractivity contribution is 7.99. The average Bonchev–Trinajstić information content (AvgIpc) is 3.21. The molecule has 0 aliphatic heterocycles. The predicted molar refractivity (Wildman–Crippen MR) is 122 cm³/mol. The second-order valence-corrected chi connectivity index (χ2v) is 8.08. The molecule has 1 heterocycles. The number of fused-ring (bicyclic) bond motifs is 1. The van der Waals surface area contributed by atoms with Gasteiger partial charge in [-0.1, -0.05) is 59.8 Å². The summed E-state index contributed by atoms with van der Waals surface area (Å²) in [5.41, 5.74) is 2.54. The molecule has 0 saturated heterocycles. The number of thioether (sulfide) groups is 1. The molecule has 0 spiro atoms. The van der Waals surface area contributed by atoms with Crippen LogP contribution >= 0.6 is 23.4 Å². The Kier molecular flexibility index (Phi) is 5.87. The number of hydrogen-bond acceptors (Lipinski definition) is 6. The standard InChI is InChI=1S/C21H19ClN6OS/c1-27(2)18-11-12-19(15-8-4-3-7-14(15)18)28-21(24-25-26-28)30-13-20(29)23-17-10-6-5-9-16(17)22/h3-12H,13H2,1-2H3,(H,23,29). The Hall–Kier alpha value is -3.10. The van der Waals surface area contributed by atoms with Crippen LogP contribution in [0.3, 0.4) is 0 Å². The topological polar surface area (TPSA) is 75.9 Å². The molecule has 0 aliphatic rings. The summed E-state index contributed by atoms with van der Waals surface area (Å²) in [6.45, 7) is 0. The van der Waals surface area contributed by atoms with Crippen LogP contribution in [0.25, 0.3) is 16.5 Å². The van der Waals surface area contributed by atoms with Gasteiger partial charge in [0.1, 0.15) is 0 Å². The number of hydrogen-bond donors (Lipinski definition) is 1. The molecule has 0 aliphatic carbocycles. The maximum Gasteiger partial charge on any atom is 0.234 e. The quantitative estimate of drug-likeness (QED) is 0.453. The van der Waals surface area contributed by atoms with Gasteiger partial charge in [-0.15, -0.1) is 5.10 Å². The van der Waals surface area contributed by atoms with Crippen LogP contribution in [0.1, 0.15) is 0 Å². The van der Waals surface area contributed by atoms with Crippen LogP contribution in [-0.4, -0.2) is 46.0 Å².